The zero-order valence-corrected chi connectivity index (χ0v) is 12.4. The number of carbonyl (C=O) groups is 1. The highest BCUT2D eigenvalue weighted by molar-refractivity contribution is 5.89. The van der Waals surface area contributed by atoms with Gasteiger partial charge >= 0.3 is 11.8 Å². The maximum Gasteiger partial charge on any atom is 0.316 e. The SMILES string of the molecule is O=C(NCc1ccc2c(c1)OCO2)c1nc(-c2ccccn2)no1. The molecule has 0 atom stereocenters. The van der Waals surface area contributed by atoms with Crippen molar-refractivity contribution in [3.05, 3.63) is 54.0 Å². The Kier molecular flexibility index (Phi) is 3.54. The summed E-state index contributed by atoms with van der Waals surface area (Å²) in [6.45, 7) is 0.514. The molecule has 8 nitrogen and oxygen atoms in total. The summed E-state index contributed by atoms with van der Waals surface area (Å²) in [4.78, 5) is 20.3. The third-order valence-corrected chi connectivity index (χ3v) is 3.40. The number of amides is 1. The van der Waals surface area contributed by atoms with Crippen molar-refractivity contribution >= 4 is 5.91 Å². The van der Waals surface area contributed by atoms with Crippen molar-refractivity contribution < 1.29 is 18.8 Å². The Morgan fingerprint density at radius 2 is 2.08 bits per heavy atom. The quantitative estimate of drug-likeness (QED) is 0.781. The van der Waals surface area contributed by atoms with Crippen molar-refractivity contribution in [1.82, 2.24) is 20.4 Å². The monoisotopic (exact) mass is 324 g/mol. The molecule has 0 aliphatic carbocycles. The predicted molar refractivity (Wildman–Crippen MR) is 81.3 cm³/mol. The topological polar surface area (TPSA) is 99.4 Å². The molecule has 1 aliphatic heterocycles. The molecule has 0 bridgehead atoms. The minimum Gasteiger partial charge on any atom is -0.454 e. The molecule has 1 aliphatic rings. The van der Waals surface area contributed by atoms with E-state index in [1.54, 1.807) is 30.5 Å². The van der Waals surface area contributed by atoms with E-state index in [1.165, 1.54) is 0 Å². The van der Waals surface area contributed by atoms with Gasteiger partial charge in [-0.2, -0.15) is 4.98 Å². The second-order valence-corrected chi connectivity index (χ2v) is 5.01. The predicted octanol–water partition coefficient (Wildman–Crippen LogP) is 1.79. The lowest BCUT2D eigenvalue weighted by molar-refractivity contribution is 0.0907. The summed E-state index contributed by atoms with van der Waals surface area (Å²) in [7, 11) is 0. The molecule has 2 aromatic heterocycles. The fraction of sp³-hybridized carbons (Fsp3) is 0.125. The van der Waals surface area contributed by atoms with Crippen LogP contribution in [-0.2, 0) is 6.54 Å². The Balaban J connectivity index is 1.42. The summed E-state index contributed by atoms with van der Waals surface area (Å²) in [6.07, 6.45) is 1.62. The summed E-state index contributed by atoms with van der Waals surface area (Å²) in [5, 5.41) is 6.48. The van der Waals surface area contributed by atoms with E-state index in [1.807, 2.05) is 12.1 Å². The Morgan fingerprint density at radius 3 is 2.96 bits per heavy atom. The molecule has 120 valence electrons. The van der Waals surface area contributed by atoms with E-state index in [0.717, 1.165) is 5.56 Å². The molecule has 24 heavy (non-hydrogen) atoms. The van der Waals surface area contributed by atoms with Crippen LogP contribution in [0.2, 0.25) is 0 Å². The smallest absolute Gasteiger partial charge is 0.316 e. The number of rotatable bonds is 4. The summed E-state index contributed by atoms with van der Waals surface area (Å²) in [5.41, 5.74) is 1.41. The van der Waals surface area contributed by atoms with Gasteiger partial charge in [0.1, 0.15) is 5.69 Å². The van der Waals surface area contributed by atoms with Gasteiger partial charge < -0.3 is 19.3 Å². The van der Waals surface area contributed by atoms with Gasteiger partial charge in [-0.15, -0.1) is 0 Å². The number of aromatic nitrogens is 3. The van der Waals surface area contributed by atoms with E-state index in [2.05, 4.69) is 20.4 Å². The lowest BCUT2D eigenvalue weighted by atomic mass is 10.2. The molecular formula is C16H12N4O4. The van der Waals surface area contributed by atoms with Crippen molar-refractivity contribution in [3.8, 4) is 23.0 Å². The van der Waals surface area contributed by atoms with E-state index in [9.17, 15) is 4.79 Å². The highest BCUT2D eigenvalue weighted by Crippen LogP contribution is 2.32. The number of hydrogen-bond donors (Lipinski definition) is 1. The highest BCUT2D eigenvalue weighted by atomic mass is 16.7. The number of nitrogens with one attached hydrogen (secondary N) is 1. The Labute approximate surface area is 136 Å². The van der Waals surface area contributed by atoms with Crippen molar-refractivity contribution in [2.75, 3.05) is 6.79 Å². The minimum absolute atomic E-state index is 0.114. The van der Waals surface area contributed by atoms with Gasteiger partial charge in [-0.1, -0.05) is 17.3 Å². The van der Waals surface area contributed by atoms with E-state index in [4.69, 9.17) is 14.0 Å². The van der Waals surface area contributed by atoms with Crippen LogP contribution in [0.5, 0.6) is 11.5 Å². The fourth-order valence-corrected chi connectivity index (χ4v) is 2.22. The number of benzene rings is 1. The van der Waals surface area contributed by atoms with Crippen LogP contribution in [0.3, 0.4) is 0 Å². The van der Waals surface area contributed by atoms with E-state index < -0.39 is 5.91 Å². The molecule has 3 heterocycles. The van der Waals surface area contributed by atoms with Crippen molar-refractivity contribution in [2.24, 2.45) is 0 Å². The third kappa shape index (κ3) is 2.76. The molecule has 0 spiro atoms. The van der Waals surface area contributed by atoms with Gasteiger partial charge in [0.15, 0.2) is 11.5 Å². The highest BCUT2D eigenvalue weighted by Gasteiger charge is 2.17. The van der Waals surface area contributed by atoms with Gasteiger partial charge in [0.2, 0.25) is 12.6 Å². The van der Waals surface area contributed by atoms with Crippen molar-refractivity contribution in [1.29, 1.82) is 0 Å². The second kappa shape index (κ2) is 5.99. The summed E-state index contributed by atoms with van der Waals surface area (Å²) >= 11 is 0. The van der Waals surface area contributed by atoms with Crippen LogP contribution in [0.15, 0.2) is 47.1 Å². The van der Waals surface area contributed by atoms with Crippen LogP contribution in [0.25, 0.3) is 11.5 Å². The van der Waals surface area contributed by atoms with Crippen LogP contribution in [0.1, 0.15) is 16.2 Å². The summed E-state index contributed by atoms with van der Waals surface area (Å²) < 4.78 is 15.5. The van der Waals surface area contributed by atoms with Crippen molar-refractivity contribution in [3.63, 3.8) is 0 Å². The van der Waals surface area contributed by atoms with Crippen LogP contribution < -0.4 is 14.8 Å². The molecule has 0 unspecified atom stereocenters. The van der Waals surface area contributed by atoms with Crippen LogP contribution in [0.4, 0.5) is 0 Å². The first-order valence-electron chi connectivity index (χ1n) is 7.21. The zero-order valence-electron chi connectivity index (χ0n) is 12.4. The molecule has 0 saturated carbocycles. The average Bonchev–Trinajstić information content (AvgIpc) is 3.29. The number of pyridine rings is 1. The van der Waals surface area contributed by atoms with E-state index >= 15 is 0 Å². The van der Waals surface area contributed by atoms with Crippen molar-refractivity contribution in [2.45, 2.75) is 6.54 Å². The van der Waals surface area contributed by atoms with Crippen LogP contribution in [0, 0.1) is 0 Å². The molecule has 0 fully saturated rings. The van der Waals surface area contributed by atoms with Crippen LogP contribution in [-0.4, -0.2) is 27.8 Å². The van der Waals surface area contributed by atoms with Gasteiger partial charge in [0, 0.05) is 12.7 Å². The Bertz CT molecular complexity index is 879. The van der Waals surface area contributed by atoms with Gasteiger partial charge in [0.25, 0.3) is 0 Å². The number of nitrogens with zero attached hydrogens (tertiary/aromatic N) is 3. The Hall–Kier alpha value is -3.42. The maximum atomic E-state index is 12.1. The first-order valence-corrected chi connectivity index (χ1v) is 7.21. The van der Waals surface area contributed by atoms with E-state index in [0.29, 0.717) is 23.7 Å². The number of fused-ring (bicyclic) bond motifs is 1. The maximum absolute atomic E-state index is 12.1. The molecule has 1 amide bonds. The van der Waals surface area contributed by atoms with Crippen LogP contribution >= 0.6 is 0 Å². The minimum atomic E-state index is -0.456. The molecule has 3 aromatic rings. The fourth-order valence-electron chi connectivity index (χ4n) is 2.22. The molecule has 1 N–H and O–H groups in total. The number of ether oxygens (including phenoxy) is 2. The largest absolute Gasteiger partial charge is 0.454 e. The zero-order chi connectivity index (χ0) is 16.4. The number of carbonyl (C=O) groups excluding carboxylic acids is 1. The van der Waals surface area contributed by atoms with Gasteiger partial charge in [-0.25, -0.2) is 0 Å². The molecule has 0 saturated heterocycles. The average molecular weight is 324 g/mol. The molecule has 4 rings (SSSR count). The third-order valence-electron chi connectivity index (χ3n) is 3.40. The summed E-state index contributed by atoms with van der Waals surface area (Å²) in [6, 6.07) is 10.8. The molecular weight excluding hydrogens is 312 g/mol. The first kappa shape index (κ1) is 14.2. The first-order chi connectivity index (χ1) is 11.8. The molecule has 1 aromatic carbocycles. The Morgan fingerprint density at radius 1 is 1.17 bits per heavy atom. The van der Waals surface area contributed by atoms with Gasteiger partial charge in [-0.05, 0) is 29.8 Å². The standard InChI is InChI=1S/C16H12N4O4/c21-15(16-19-14(20-24-16)11-3-1-2-6-17-11)18-8-10-4-5-12-13(7-10)23-9-22-12/h1-7H,8-9H2,(H,18,21). The summed E-state index contributed by atoms with van der Waals surface area (Å²) in [5.74, 6) is 1.06. The molecule has 0 radical (unpaired) electrons. The lowest BCUT2D eigenvalue weighted by Gasteiger charge is -2.03. The normalized spacial score (nSPS) is 12.2. The van der Waals surface area contributed by atoms with Gasteiger partial charge in [-0.3, -0.25) is 9.78 Å². The second-order valence-electron chi connectivity index (χ2n) is 5.01. The lowest BCUT2D eigenvalue weighted by Crippen LogP contribution is -2.23. The molecule has 8 heteroatoms. The van der Waals surface area contributed by atoms with Gasteiger partial charge in [0.05, 0.1) is 0 Å². The number of hydrogen-bond acceptors (Lipinski definition) is 7. The van der Waals surface area contributed by atoms with E-state index in [-0.39, 0.29) is 18.5 Å².